The van der Waals surface area contributed by atoms with Crippen molar-refractivity contribution in [2.45, 2.75) is 38.9 Å². The Morgan fingerprint density at radius 3 is 1.40 bits per heavy atom. The van der Waals surface area contributed by atoms with Gasteiger partial charge in [-0.3, -0.25) is 9.59 Å². The third-order valence-electron chi connectivity index (χ3n) is 1.97. The molecule has 0 heterocycles. The van der Waals surface area contributed by atoms with E-state index in [4.69, 9.17) is 20.9 Å². The Balaban J connectivity index is 4.14. The fourth-order valence-electron chi connectivity index (χ4n) is 1.26. The molecule has 0 rings (SSSR count). The van der Waals surface area contributed by atoms with Crippen molar-refractivity contribution in [1.29, 1.82) is 0 Å². The van der Waals surface area contributed by atoms with Crippen molar-refractivity contribution in [3.63, 3.8) is 0 Å². The number of hydrogen-bond donors (Lipinski definition) is 2. The van der Waals surface area contributed by atoms with Crippen LogP contribution >= 0.6 is 0 Å². The second-order valence-electron chi connectivity index (χ2n) is 4.17. The van der Waals surface area contributed by atoms with Crippen LogP contribution in [0, 0.1) is 0 Å². The topological polar surface area (TPSA) is 139 Å². The third kappa shape index (κ3) is 9.63. The monoisotopic (exact) mass is 286 g/mol. The molecule has 0 spiro atoms. The molecule has 0 aliphatic rings. The molecule has 2 unspecified atom stereocenters. The molecule has 2 amide bonds. The second-order valence-corrected chi connectivity index (χ2v) is 4.17. The molecule has 0 fully saturated rings. The Kier molecular flexibility index (Phi) is 7.64. The highest BCUT2D eigenvalue weighted by Crippen LogP contribution is 2.00. The summed E-state index contributed by atoms with van der Waals surface area (Å²) in [6, 6.07) is 0. The van der Waals surface area contributed by atoms with Gasteiger partial charge in [0, 0.05) is 12.2 Å². The van der Waals surface area contributed by atoms with Gasteiger partial charge in [0.2, 0.25) is 11.8 Å². The smallest absolute Gasteiger partial charge is 0.331 e. The van der Waals surface area contributed by atoms with E-state index in [0.29, 0.717) is 0 Å². The van der Waals surface area contributed by atoms with Gasteiger partial charge in [-0.2, -0.15) is 0 Å². The lowest BCUT2D eigenvalue weighted by Gasteiger charge is -2.10. The van der Waals surface area contributed by atoms with Crippen LogP contribution in [0.3, 0.4) is 0 Å². The van der Waals surface area contributed by atoms with E-state index >= 15 is 0 Å². The molecule has 4 N–H and O–H groups in total. The van der Waals surface area contributed by atoms with Gasteiger partial charge in [0.05, 0.1) is 12.8 Å². The molecule has 112 valence electrons. The number of amides is 2. The Morgan fingerprint density at radius 2 is 1.15 bits per heavy atom. The van der Waals surface area contributed by atoms with E-state index in [1.807, 2.05) is 0 Å². The molecule has 0 saturated heterocycles. The Hall–Kier alpha value is -2.38. The number of hydrogen-bond acceptors (Lipinski definition) is 6. The van der Waals surface area contributed by atoms with Crippen molar-refractivity contribution in [1.82, 2.24) is 0 Å². The second kappa shape index (κ2) is 8.68. The maximum Gasteiger partial charge on any atom is 0.331 e. The van der Waals surface area contributed by atoms with Gasteiger partial charge in [-0.1, -0.05) is 0 Å². The van der Waals surface area contributed by atoms with Crippen LogP contribution in [0.1, 0.15) is 26.7 Å². The SMILES string of the molecule is CC(CC(N)=O)OC(=O)/C=C/C(=O)OC(C)CC(N)=O. The molecule has 2 atom stereocenters. The first-order valence-corrected chi connectivity index (χ1v) is 5.86. The van der Waals surface area contributed by atoms with Crippen molar-refractivity contribution in [2.75, 3.05) is 0 Å². The quantitative estimate of drug-likeness (QED) is 0.440. The van der Waals surface area contributed by atoms with Crippen LogP contribution in [0.25, 0.3) is 0 Å². The predicted molar refractivity (Wildman–Crippen MR) is 67.9 cm³/mol. The number of esters is 2. The number of carbonyl (C=O) groups excluding carboxylic acids is 4. The molecule has 8 nitrogen and oxygen atoms in total. The van der Waals surface area contributed by atoms with Crippen LogP contribution in [-0.2, 0) is 28.7 Å². The maximum atomic E-state index is 11.3. The molecule has 0 radical (unpaired) electrons. The van der Waals surface area contributed by atoms with Gasteiger partial charge in [-0.05, 0) is 13.8 Å². The molecular weight excluding hydrogens is 268 g/mol. The van der Waals surface area contributed by atoms with Crippen molar-refractivity contribution < 1.29 is 28.7 Å². The highest BCUT2D eigenvalue weighted by atomic mass is 16.5. The third-order valence-corrected chi connectivity index (χ3v) is 1.97. The molecular formula is C12H18N2O6. The number of primary amides is 2. The first kappa shape index (κ1) is 17.6. The van der Waals surface area contributed by atoms with Crippen molar-refractivity contribution in [3.8, 4) is 0 Å². The number of nitrogens with two attached hydrogens (primary N) is 2. The minimum atomic E-state index is -0.807. The van der Waals surface area contributed by atoms with E-state index < -0.39 is 36.0 Å². The van der Waals surface area contributed by atoms with Gasteiger partial charge in [0.25, 0.3) is 0 Å². The molecule has 20 heavy (non-hydrogen) atoms. The summed E-state index contributed by atoms with van der Waals surface area (Å²) in [6.45, 7) is 2.98. The lowest BCUT2D eigenvalue weighted by molar-refractivity contribution is -0.146. The zero-order valence-electron chi connectivity index (χ0n) is 11.3. The summed E-state index contributed by atoms with van der Waals surface area (Å²) >= 11 is 0. The first-order valence-electron chi connectivity index (χ1n) is 5.86. The summed E-state index contributed by atoms with van der Waals surface area (Å²) in [6.07, 6.45) is 0.122. The van der Waals surface area contributed by atoms with Gasteiger partial charge < -0.3 is 20.9 Å². The van der Waals surface area contributed by atoms with Crippen molar-refractivity contribution in [3.05, 3.63) is 12.2 Å². The molecule has 8 heteroatoms. The number of ether oxygens (including phenoxy) is 2. The van der Waals surface area contributed by atoms with E-state index in [9.17, 15) is 19.2 Å². The largest absolute Gasteiger partial charge is 0.459 e. The Bertz CT molecular complexity index is 380. The van der Waals surface area contributed by atoms with Crippen LogP contribution in [0.4, 0.5) is 0 Å². The molecule has 0 bridgehead atoms. The van der Waals surface area contributed by atoms with E-state index in [1.165, 1.54) is 13.8 Å². The van der Waals surface area contributed by atoms with Crippen LogP contribution in [0.2, 0.25) is 0 Å². The average molecular weight is 286 g/mol. The summed E-state index contributed by atoms with van der Waals surface area (Å²) in [7, 11) is 0. The lowest BCUT2D eigenvalue weighted by atomic mass is 10.3. The van der Waals surface area contributed by atoms with Crippen molar-refractivity contribution in [2.24, 2.45) is 11.5 Å². The average Bonchev–Trinajstić information content (AvgIpc) is 2.23. The Morgan fingerprint density at radius 1 is 0.850 bits per heavy atom. The van der Waals surface area contributed by atoms with Gasteiger partial charge in [-0.25, -0.2) is 9.59 Å². The predicted octanol–water partition coefficient (Wildman–Crippen LogP) is -0.843. The van der Waals surface area contributed by atoms with Gasteiger partial charge in [0.15, 0.2) is 0 Å². The van der Waals surface area contributed by atoms with Crippen LogP contribution < -0.4 is 11.5 Å². The Labute approximate surface area is 116 Å². The van der Waals surface area contributed by atoms with Gasteiger partial charge in [0.1, 0.15) is 12.2 Å². The minimum absolute atomic E-state index is 0.111. The summed E-state index contributed by atoms with van der Waals surface area (Å²) < 4.78 is 9.55. The lowest BCUT2D eigenvalue weighted by Crippen LogP contribution is -2.23. The molecule has 0 aliphatic carbocycles. The van der Waals surface area contributed by atoms with E-state index in [2.05, 4.69) is 0 Å². The fourth-order valence-corrected chi connectivity index (χ4v) is 1.26. The molecule has 0 aromatic heterocycles. The van der Waals surface area contributed by atoms with Gasteiger partial charge >= 0.3 is 11.9 Å². The highest BCUT2D eigenvalue weighted by molar-refractivity contribution is 5.92. The molecule has 0 aromatic carbocycles. The molecule has 0 aliphatic heterocycles. The summed E-state index contributed by atoms with van der Waals surface area (Å²) in [5.74, 6) is -2.82. The fraction of sp³-hybridized carbons (Fsp3) is 0.500. The molecule has 0 aromatic rings. The summed E-state index contributed by atoms with van der Waals surface area (Å²) in [4.78, 5) is 43.7. The summed E-state index contributed by atoms with van der Waals surface area (Å²) in [5, 5.41) is 0. The highest BCUT2D eigenvalue weighted by Gasteiger charge is 2.12. The normalized spacial score (nSPS) is 13.5. The first-order chi connectivity index (χ1) is 9.20. The standard InChI is InChI=1S/C12H18N2O6/c1-7(5-9(13)15)19-11(17)3-4-12(18)20-8(2)6-10(14)16/h3-4,7-8H,5-6H2,1-2H3,(H2,13,15)(H2,14,16)/b4-3+. The van der Waals surface area contributed by atoms with E-state index in [0.717, 1.165) is 12.2 Å². The van der Waals surface area contributed by atoms with Crippen LogP contribution in [0.5, 0.6) is 0 Å². The zero-order chi connectivity index (χ0) is 15.7. The van der Waals surface area contributed by atoms with Crippen LogP contribution in [0.15, 0.2) is 12.2 Å². The molecule has 0 saturated carbocycles. The van der Waals surface area contributed by atoms with E-state index in [1.54, 1.807) is 0 Å². The van der Waals surface area contributed by atoms with E-state index in [-0.39, 0.29) is 12.8 Å². The number of carbonyl (C=O) groups is 4. The minimum Gasteiger partial charge on any atom is -0.459 e. The maximum absolute atomic E-state index is 11.3. The van der Waals surface area contributed by atoms with Gasteiger partial charge in [-0.15, -0.1) is 0 Å². The number of rotatable bonds is 8. The van der Waals surface area contributed by atoms with Crippen molar-refractivity contribution >= 4 is 23.8 Å². The van der Waals surface area contributed by atoms with Crippen LogP contribution in [-0.4, -0.2) is 36.0 Å². The summed E-state index contributed by atoms with van der Waals surface area (Å²) in [5.41, 5.74) is 9.85. The zero-order valence-corrected chi connectivity index (χ0v) is 11.3.